The maximum atomic E-state index is 12.3. The second-order valence-electron chi connectivity index (χ2n) is 5.59. The zero-order chi connectivity index (χ0) is 17.5. The Morgan fingerprint density at radius 3 is 2.60 bits per heavy atom. The zero-order valence-corrected chi connectivity index (χ0v) is 14.3. The molecule has 0 aliphatic carbocycles. The molecule has 1 amide bonds. The largest absolute Gasteiger partial charge is 0.354 e. The van der Waals surface area contributed by atoms with Gasteiger partial charge in [0.25, 0.3) is 5.91 Å². The van der Waals surface area contributed by atoms with Crippen LogP contribution in [0.15, 0.2) is 73.1 Å². The smallest absolute Gasteiger partial charge is 0.252 e. The Balaban J connectivity index is 1.57. The van der Waals surface area contributed by atoms with E-state index in [0.29, 0.717) is 17.1 Å². The minimum atomic E-state index is -0.147. The van der Waals surface area contributed by atoms with Crippen molar-refractivity contribution in [2.75, 3.05) is 11.9 Å². The van der Waals surface area contributed by atoms with Crippen molar-refractivity contribution in [3.8, 4) is 0 Å². The highest BCUT2D eigenvalue weighted by Gasteiger charge is 2.07. The molecule has 0 fully saturated rings. The summed E-state index contributed by atoms with van der Waals surface area (Å²) in [6, 6.07) is 19.2. The molecule has 0 radical (unpaired) electrons. The van der Waals surface area contributed by atoms with E-state index in [0.717, 1.165) is 23.4 Å². The molecule has 2 N–H and O–H groups in total. The van der Waals surface area contributed by atoms with Gasteiger partial charge in [0.05, 0.1) is 17.4 Å². The molecule has 1 heterocycles. The lowest BCUT2D eigenvalue weighted by molar-refractivity contribution is 0.0954. The number of benzene rings is 2. The van der Waals surface area contributed by atoms with Crippen molar-refractivity contribution in [2.45, 2.75) is 6.42 Å². The molecule has 0 aliphatic rings. The van der Waals surface area contributed by atoms with Crippen LogP contribution in [0.25, 0.3) is 0 Å². The number of nitrogens with zero attached hydrogens (tertiary/aromatic N) is 1. The van der Waals surface area contributed by atoms with Crippen molar-refractivity contribution in [2.24, 2.45) is 0 Å². The highest BCUT2D eigenvalue weighted by atomic mass is 35.5. The molecule has 0 saturated carbocycles. The summed E-state index contributed by atoms with van der Waals surface area (Å²) < 4.78 is 0. The van der Waals surface area contributed by atoms with Crippen molar-refractivity contribution >= 4 is 28.9 Å². The molecule has 0 spiro atoms. The van der Waals surface area contributed by atoms with Crippen LogP contribution in [0.4, 0.5) is 11.4 Å². The molecule has 3 rings (SSSR count). The van der Waals surface area contributed by atoms with Gasteiger partial charge in [-0.15, -0.1) is 0 Å². The van der Waals surface area contributed by atoms with Gasteiger partial charge in [-0.25, -0.2) is 0 Å². The van der Waals surface area contributed by atoms with Crippen LogP contribution >= 0.6 is 11.6 Å². The average molecular weight is 352 g/mol. The first kappa shape index (κ1) is 17.0. The van der Waals surface area contributed by atoms with Crippen molar-refractivity contribution in [1.82, 2.24) is 10.3 Å². The molecule has 4 nitrogen and oxygen atoms in total. The Morgan fingerprint density at radius 1 is 0.960 bits per heavy atom. The lowest BCUT2D eigenvalue weighted by Crippen LogP contribution is -2.25. The number of hydrogen-bond donors (Lipinski definition) is 2. The second-order valence-corrected chi connectivity index (χ2v) is 6.03. The van der Waals surface area contributed by atoms with E-state index in [2.05, 4.69) is 15.6 Å². The fourth-order valence-electron chi connectivity index (χ4n) is 2.44. The van der Waals surface area contributed by atoms with Crippen LogP contribution in [0, 0.1) is 0 Å². The monoisotopic (exact) mass is 351 g/mol. The third kappa shape index (κ3) is 5.06. The normalized spacial score (nSPS) is 10.3. The van der Waals surface area contributed by atoms with Gasteiger partial charge in [-0.1, -0.05) is 41.9 Å². The van der Waals surface area contributed by atoms with Gasteiger partial charge >= 0.3 is 0 Å². The summed E-state index contributed by atoms with van der Waals surface area (Å²) in [4.78, 5) is 16.4. The van der Waals surface area contributed by atoms with Gasteiger partial charge in [0.15, 0.2) is 0 Å². The Kier molecular flexibility index (Phi) is 5.65. The number of amides is 1. The minimum Gasteiger partial charge on any atom is -0.354 e. The van der Waals surface area contributed by atoms with E-state index in [4.69, 9.17) is 11.6 Å². The maximum absolute atomic E-state index is 12.3. The van der Waals surface area contributed by atoms with Crippen molar-refractivity contribution in [3.05, 3.63) is 89.2 Å². The summed E-state index contributed by atoms with van der Waals surface area (Å²) in [7, 11) is 0. The molecule has 25 heavy (non-hydrogen) atoms. The summed E-state index contributed by atoms with van der Waals surface area (Å²) in [5, 5.41) is 6.84. The number of pyridine rings is 1. The average Bonchev–Trinajstić information content (AvgIpc) is 2.63. The quantitative estimate of drug-likeness (QED) is 0.689. The van der Waals surface area contributed by atoms with E-state index in [1.54, 1.807) is 18.5 Å². The number of hydrogen-bond acceptors (Lipinski definition) is 3. The third-order valence-corrected chi connectivity index (χ3v) is 3.89. The van der Waals surface area contributed by atoms with Gasteiger partial charge in [-0.2, -0.15) is 0 Å². The van der Waals surface area contributed by atoms with Gasteiger partial charge in [-0.05, 0) is 42.3 Å². The van der Waals surface area contributed by atoms with Crippen LogP contribution < -0.4 is 10.6 Å². The third-order valence-electron chi connectivity index (χ3n) is 3.65. The number of rotatable bonds is 6. The fraction of sp³-hybridized carbons (Fsp3) is 0.100. The summed E-state index contributed by atoms with van der Waals surface area (Å²) >= 11 is 5.96. The molecule has 0 atom stereocenters. The molecule has 0 bridgehead atoms. The van der Waals surface area contributed by atoms with Crippen molar-refractivity contribution in [1.29, 1.82) is 0 Å². The highest BCUT2D eigenvalue weighted by Crippen LogP contribution is 2.16. The number of para-hydroxylation sites is 1. The number of anilines is 2. The first-order valence-corrected chi connectivity index (χ1v) is 8.38. The van der Waals surface area contributed by atoms with Gasteiger partial charge < -0.3 is 10.6 Å². The molecule has 3 aromatic rings. The lowest BCUT2D eigenvalue weighted by Gasteiger charge is -2.09. The van der Waals surface area contributed by atoms with Crippen molar-refractivity contribution in [3.63, 3.8) is 0 Å². The van der Waals surface area contributed by atoms with E-state index in [1.807, 2.05) is 54.6 Å². The summed E-state index contributed by atoms with van der Waals surface area (Å²) in [6.45, 7) is 0.537. The Morgan fingerprint density at radius 2 is 1.80 bits per heavy atom. The summed E-state index contributed by atoms with van der Waals surface area (Å²) in [6.07, 6.45) is 3.97. The first-order chi connectivity index (χ1) is 12.2. The second kappa shape index (κ2) is 8.31. The molecule has 1 aromatic heterocycles. The fourth-order valence-corrected chi connectivity index (χ4v) is 2.65. The SMILES string of the molecule is O=C(NCCc1cccc(Cl)c1)c1cncc(Nc2ccccc2)c1. The Labute approximate surface area is 151 Å². The number of carbonyl (C=O) groups excluding carboxylic acids is 1. The number of aromatic nitrogens is 1. The molecule has 0 saturated heterocycles. The van der Waals surface area contributed by atoms with Crippen LogP contribution in [-0.2, 0) is 6.42 Å². The van der Waals surface area contributed by atoms with E-state index >= 15 is 0 Å². The molecule has 0 aliphatic heterocycles. The summed E-state index contributed by atoms with van der Waals surface area (Å²) in [5.74, 6) is -0.147. The topological polar surface area (TPSA) is 54.0 Å². The van der Waals surface area contributed by atoms with E-state index in [9.17, 15) is 4.79 Å². The predicted molar refractivity (Wildman–Crippen MR) is 101 cm³/mol. The van der Waals surface area contributed by atoms with Crippen LogP contribution in [-0.4, -0.2) is 17.4 Å². The highest BCUT2D eigenvalue weighted by molar-refractivity contribution is 6.30. The van der Waals surface area contributed by atoms with Crippen LogP contribution in [0.1, 0.15) is 15.9 Å². The number of carbonyl (C=O) groups is 1. The Bertz CT molecular complexity index is 852. The standard InChI is InChI=1S/C20H18ClN3O/c21-17-6-4-5-15(11-17)9-10-23-20(25)16-12-19(14-22-13-16)24-18-7-2-1-3-8-18/h1-8,11-14,24H,9-10H2,(H,23,25). The molecule has 5 heteroatoms. The van der Waals surface area contributed by atoms with E-state index < -0.39 is 0 Å². The first-order valence-electron chi connectivity index (χ1n) is 8.00. The minimum absolute atomic E-state index is 0.147. The molecule has 0 unspecified atom stereocenters. The maximum Gasteiger partial charge on any atom is 0.252 e. The van der Waals surface area contributed by atoms with Crippen LogP contribution in [0.5, 0.6) is 0 Å². The van der Waals surface area contributed by atoms with Gasteiger partial charge in [-0.3, -0.25) is 9.78 Å². The molecular formula is C20H18ClN3O. The number of halogens is 1. The van der Waals surface area contributed by atoms with E-state index in [-0.39, 0.29) is 5.91 Å². The molecular weight excluding hydrogens is 334 g/mol. The van der Waals surface area contributed by atoms with Gasteiger partial charge in [0, 0.05) is 23.5 Å². The summed E-state index contributed by atoms with van der Waals surface area (Å²) in [5.41, 5.74) is 3.33. The zero-order valence-electron chi connectivity index (χ0n) is 13.6. The van der Waals surface area contributed by atoms with Gasteiger partial charge in [0.1, 0.15) is 0 Å². The van der Waals surface area contributed by atoms with Gasteiger partial charge in [0.2, 0.25) is 0 Å². The van der Waals surface area contributed by atoms with E-state index in [1.165, 1.54) is 0 Å². The Hall–Kier alpha value is -2.85. The van der Waals surface area contributed by atoms with Crippen molar-refractivity contribution < 1.29 is 4.79 Å². The van der Waals surface area contributed by atoms with Crippen LogP contribution in [0.3, 0.4) is 0 Å². The molecule has 126 valence electrons. The lowest BCUT2D eigenvalue weighted by atomic mass is 10.1. The predicted octanol–water partition coefficient (Wildman–Crippen LogP) is 4.45. The number of nitrogens with one attached hydrogen (secondary N) is 2. The molecule has 2 aromatic carbocycles. The van der Waals surface area contributed by atoms with Crippen LogP contribution in [0.2, 0.25) is 5.02 Å².